The Labute approximate surface area is 222 Å². The number of benzene rings is 3. The first-order chi connectivity index (χ1) is 17.9. The van der Waals surface area contributed by atoms with E-state index in [2.05, 4.69) is 5.32 Å². The number of aromatic nitrogens is 2. The minimum absolute atomic E-state index is 0.0933. The fourth-order valence-corrected chi connectivity index (χ4v) is 5.08. The van der Waals surface area contributed by atoms with Crippen molar-refractivity contribution >= 4 is 45.9 Å². The number of rotatable bonds is 8. The first-order valence-corrected chi connectivity index (χ1v) is 12.9. The molecule has 37 heavy (non-hydrogen) atoms. The minimum atomic E-state index is -0.490. The van der Waals surface area contributed by atoms with Crippen LogP contribution < -0.4 is 25.1 Å². The van der Waals surface area contributed by atoms with Crippen molar-refractivity contribution in [3.63, 3.8) is 0 Å². The third-order valence-corrected chi connectivity index (χ3v) is 7.54. The molecule has 8 nitrogen and oxygen atoms in total. The number of carbonyl (C=O) groups excluding carboxylic acids is 1. The summed E-state index contributed by atoms with van der Waals surface area (Å²) < 4.78 is 17.8. The molecular formula is C27H24ClN3O5S. The van der Waals surface area contributed by atoms with Crippen LogP contribution in [-0.2, 0) is 11.3 Å². The van der Waals surface area contributed by atoms with Crippen LogP contribution in [0.15, 0.2) is 70.6 Å². The number of fused-ring (bicyclic) bond motifs is 2. The minimum Gasteiger partial charge on any atom is -0.497 e. The zero-order valence-corrected chi connectivity index (χ0v) is 21.8. The SMILES string of the molecule is CCC(Sc1nc2cc3c(cc2c(=O)n1Cc1ccc(OC)cc1)OCO3)C(=O)Nc1ccc(Cl)cc1. The number of hydrogen-bond acceptors (Lipinski definition) is 7. The summed E-state index contributed by atoms with van der Waals surface area (Å²) >= 11 is 7.21. The molecule has 1 unspecified atom stereocenters. The first-order valence-electron chi connectivity index (χ1n) is 11.7. The van der Waals surface area contributed by atoms with Crippen LogP contribution in [0, 0.1) is 0 Å². The van der Waals surface area contributed by atoms with Gasteiger partial charge in [-0.25, -0.2) is 4.98 Å². The van der Waals surface area contributed by atoms with Crippen LogP contribution >= 0.6 is 23.4 Å². The van der Waals surface area contributed by atoms with Crippen molar-refractivity contribution in [2.75, 3.05) is 19.2 Å². The number of halogens is 1. The van der Waals surface area contributed by atoms with E-state index in [9.17, 15) is 9.59 Å². The van der Waals surface area contributed by atoms with Gasteiger partial charge < -0.3 is 19.5 Å². The van der Waals surface area contributed by atoms with Crippen LogP contribution in [0.5, 0.6) is 17.2 Å². The number of anilines is 1. The zero-order valence-electron chi connectivity index (χ0n) is 20.2. The Morgan fingerprint density at radius 1 is 1.14 bits per heavy atom. The van der Waals surface area contributed by atoms with Gasteiger partial charge in [0.05, 0.1) is 29.8 Å². The normalized spacial score (nSPS) is 12.9. The molecule has 0 saturated heterocycles. The Morgan fingerprint density at radius 2 is 1.84 bits per heavy atom. The van der Waals surface area contributed by atoms with Crippen molar-refractivity contribution in [1.82, 2.24) is 9.55 Å². The molecular weight excluding hydrogens is 514 g/mol. The number of nitrogens with zero attached hydrogens (tertiary/aromatic N) is 2. The van der Waals surface area contributed by atoms with Crippen LogP contribution in [0.1, 0.15) is 18.9 Å². The molecule has 0 aliphatic carbocycles. The van der Waals surface area contributed by atoms with Gasteiger partial charge in [-0.3, -0.25) is 14.2 Å². The predicted molar refractivity (Wildman–Crippen MR) is 144 cm³/mol. The molecule has 1 aliphatic rings. The fourth-order valence-electron chi connectivity index (χ4n) is 3.94. The molecule has 0 spiro atoms. The second kappa shape index (κ2) is 10.7. The highest BCUT2D eigenvalue weighted by molar-refractivity contribution is 8.00. The third-order valence-electron chi connectivity index (χ3n) is 5.94. The summed E-state index contributed by atoms with van der Waals surface area (Å²) in [7, 11) is 1.60. The molecule has 1 aliphatic heterocycles. The van der Waals surface area contributed by atoms with Crippen molar-refractivity contribution in [3.8, 4) is 17.2 Å². The number of ether oxygens (including phenoxy) is 3. The molecule has 0 saturated carbocycles. The van der Waals surface area contributed by atoms with Gasteiger partial charge in [-0.05, 0) is 54.4 Å². The topological polar surface area (TPSA) is 91.7 Å². The first kappa shape index (κ1) is 25.0. The largest absolute Gasteiger partial charge is 0.497 e. The van der Waals surface area contributed by atoms with E-state index >= 15 is 0 Å². The molecule has 1 aromatic heterocycles. The summed E-state index contributed by atoms with van der Waals surface area (Å²) in [6.45, 7) is 2.29. The molecule has 1 atom stereocenters. The molecule has 1 N–H and O–H groups in total. The summed E-state index contributed by atoms with van der Waals surface area (Å²) in [5.74, 6) is 1.58. The lowest BCUT2D eigenvalue weighted by atomic mass is 10.2. The number of thioether (sulfide) groups is 1. The van der Waals surface area contributed by atoms with E-state index in [0.717, 1.165) is 11.3 Å². The molecule has 0 bridgehead atoms. The molecule has 4 aromatic rings. The number of hydrogen-bond donors (Lipinski definition) is 1. The van der Waals surface area contributed by atoms with E-state index in [-0.39, 0.29) is 24.8 Å². The van der Waals surface area contributed by atoms with Crippen molar-refractivity contribution in [2.45, 2.75) is 30.3 Å². The van der Waals surface area contributed by atoms with Crippen LogP contribution in [0.25, 0.3) is 10.9 Å². The lowest BCUT2D eigenvalue weighted by Gasteiger charge is -2.18. The van der Waals surface area contributed by atoms with E-state index in [1.54, 1.807) is 48.1 Å². The van der Waals surface area contributed by atoms with Crippen molar-refractivity contribution in [2.24, 2.45) is 0 Å². The average Bonchev–Trinajstić information content (AvgIpc) is 3.37. The molecule has 5 rings (SSSR count). The second-order valence-corrected chi connectivity index (χ2v) is 9.97. The van der Waals surface area contributed by atoms with E-state index in [1.165, 1.54) is 11.8 Å². The maximum absolute atomic E-state index is 13.7. The van der Waals surface area contributed by atoms with Gasteiger partial charge in [-0.15, -0.1) is 0 Å². The average molecular weight is 538 g/mol. The van der Waals surface area contributed by atoms with E-state index in [1.807, 2.05) is 31.2 Å². The van der Waals surface area contributed by atoms with Crippen LogP contribution in [0.4, 0.5) is 5.69 Å². The molecule has 1 amide bonds. The Bertz CT molecular complexity index is 1510. The van der Waals surface area contributed by atoms with Crippen molar-refractivity contribution in [3.05, 3.63) is 81.6 Å². The number of methoxy groups -OCH3 is 1. The van der Waals surface area contributed by atoms with Gasteiger partial charge in [0.2, 0.25) is 12.7 Å². The lowest BCUT2D eigenvalue weighted by molar-refractivity contribution is -0.115. The van der Waals surface area contributed by atoms with Crippen LogP contribution in [0.2, 0.25) is 5.02 Å². The van der Waals surface area contributed by atoms with Gasteiger partial charge >= 0.3 is 0 Å². The molecule has 2 heterocycles. The predicted octanol–water partition coefficient (Wildman–Crippen LogP) is 5.34. The lowest BCUT2D eigenvalue weighted by Crippen LogP contribution is -2.28. The summed E-state index contributed by atoms with van der Waals surface area (Å²) in [6.07, 6.45) is 0.529. The summed E-state index contributed by atoms with van der Waals surface area (Å²) in [6, 6.07) is 17.8. The molecule has 10 heteroatoms. The Morgan fingerprint density at radius 3 is 2.51 bits per heavy atom. The van der Waals surface area contributed by atoms with E-state index < -0.39 is 5.25 Å². The van der Waals surface area contributed by atoms with E-state index in [4.69, 9.17) is 30.8 Å². The highest BCUT2D eigenvalue weighted by Gasteiger charge is 2.24. The van der Waals surface area contributed by atoms with Gasteiger partial charge in [0.15, 0.2) is 16.7 Å². The van der Waals surface area contributed by atoms with Gasteiger partial charge in [0.1, 0.15) is 5.75 Å². The monoisotopic (exact) mass is 537 g/mol. The number of nitrogens with one attached hydrogen (secondary N) is 1. The summed E-state index contributed by atoms with van der Waals surface area (Å²) in [5, 5.41) is 3.87. The highest BCUT2D eigenvalue weighted by atomic mass is 35.5. The van der Waals surface area contributed by atoms with Crippen LogP contribution in [-0.4, -0.2) is 34.6 Å². The molecule has 0 fully saturated rings. The number of carbonyl (C=O) groups is 1. The second-order valence-electron chi connectivity index (χ2n) is 8.37. The van der Waals surface area contributed by atoms with Crippen LogP contribution in [0.3, 0.4) is 0 Å². The molecule has 0 radical (unpaired) electrons. The summed E-state index contributed by atoms with van der Waals surface area (Å²) in [4.78, 5) is 31.7. The maximum atomic E-state index is 13.7. The van der Waals surface area contributed by atoms with Crippen molar-refractivity contribution < 1.29 is 19.0 Å². The summed E-state index contributed by atoms with van der Waals surface area (Å²) in [5.41, 5.74) is 1.79. The zero-order chi connectivity index (χ0) is 25.9. The Kier molecular flexibility index (Phi) is 7.25. The van der Waals surface area contributed by atoms with E-state index in [0.29, 0.717) is 44.7 Å². The van der Waals surface area contributed by atoms with Gasteiger partial charge in [0.25, 0.3) is 5.56 Å². The quantitative estimate of drug-likeness (QED) is 0.239. The highest BCUT2D eigenvalue weighted by Crippen LogP contribution is 2.35. The van der Waals surface area contributed by atoms with Gasteiger partial charge in [-0.2, -0.15) is 0 Å². The molecule has 190 valence electrons. The smallest absolute Gasteiger partial charge is 0.262 e. The third kappa shape index (κ3) is 5.38. The van der Waals surface area contributed by atoms with Gasteiger partial charge in [0, 0.05) is 16.8 Å². The van der Waals surface area contributed by atoms with Crippen molar-refractivity contribution in [1.29, 1.82) is 0 Å². The Balaban J connectivity index is 1.52. The fraction of sp³-hybridized carbons (Fsp3) is 0.222. The Hall–Kier alpha value is -3.69. The standard InChI is InChI=1S/C27H24ClN3O5S/c1-3-24(25(32)29-18-8-6-17(28)7-9-18)37-27-30-21-13-23-22(35-15-36-23)12-20(21)26(33)31(27)14-16-4-10-19(34-2)11-5-16/h4-13,24H,3,14-15H2,1-2H3,(H,29,32). The maximum Gasteiger partial charge on any atom is 0.262 e. The molecule has 3 aromatic carbocycles. The van der Waals surface area contributed by atoms with Gasteiger partial charge in [-0.1, -0.05) is 42.4 Å². The number of amides is 1.